The third kappa shape index (κ3) is 3.72. The monoisotopic (exact) mass is 272 g/mol. The van der Waals surface area contributed by atoms with E-state index in [2.05, 4.69) is 38.4 Å². The van der Waals surface area contributed by atoms with Gasteiger partial charge in [0.1, 0.15) is 0 Å². The van der Waals surface area contributed by atoms with Crippen LogP contribution in [0.15, 0.2) is 33.7 Å². The molecule has 0 aliphatic carbocycles. The van der Waals surface area contributed by atoms with Crippen LogP contribution in [0.3, 0.4) is 0 Å². The van der Waals surface area contributed by atoms with Crippen LogP contribution in [-0.4, -0.2) is 18.5 Å². The summed E-state index contributed by atoms with van der Waals surface area (Å²) < 4.78 is 1.11. The lowest BCUT2D eigenvalue weighted by atomic mass is 10.2. The van der Waals surface area contributed by atoms with Crippen LogP contribution in [-0.2, 0) is 6.54 Å². The number of nitrogens with zero attached hydrogens (tertiary/aromatic N) is 1. The maximum absolute atomic E-state index is 4.10. The molecule has 0 fully saturated rings. The second-order valence-corrected chi connectivity index (χ2v) is 4.43. The van der Waals surface area contributed by atoms with Crippen LogP contribution in [0.1, 0.15) is 5.56 Å². The van der Waals surface area contributed by atoms with Gasteiger partial charge in [-0.1, -0.05) is 39.8 Å². The third-order valence-corrected chi connectivity index (χ3v) is 2.94. The van der Waals surface area contributed by atoms with Crippen LogP contribution in [0, 0.1) is 0 Å². The Kier molecular flexibility index (Phi) is 5.04. The zero-order chi connectivity index (χ0) is 10.4. The van der Waals surface area contributed by atoms with Crippen molar-refractivity contribution in [2.75, 3.05) is 13.3 Å². The number of nitrogens with one attached hydrogen (secondary N) is 1. The van der Waals surface area contributed by atoms with Gasteiger partial charge in [-0.05, 0) is 24.0 Å². The Labute approximate surface area is 97.3 Å². The molecule has 1 aromatic carbocycles. The fourth-order valence-electron chi connectivity index (χ4n) is 1.07. The largest absolute Gasteiger partial charge is 0.361 e. The smallest absolute Gasteiger partial charge is 0.156 e. The average Bonchev–Trinajstić information content (AvgIpc) is 2.19. The van der Waals surface area contributed by atoms with E-state index in [-0.39, 0.29) is 0 Å². The van der Waals surface area contributed by atoms with Crippen LogP contribution in [0.25, 0.3) is 0 Å². The molecule has 76 valence electrons. The minimum Gasteiger partial charge on any atom is -0.361 e. The minimum absolute atomic E-state index is 0.812. The van der Waals surface area contributed by atoms with Gasteiger partial charge in [-0.3, -0.25) is 4.99 Å². The van der Waals surface area contributed by atoms with E-state index in [1.54, 1.807) is 18.8 Å². The third-order valence-electron chi connectivity index (χ3n) is 1.73. The first-order valence-electron chi connectivity index (χ1n) is 4.25. The first kappa shape index (κ1) is 11.6. The van der Waals surface area contributed by atoms with E-state index in [1.807, 2.05) is 18.4 Å². The van der Waals surface area contributed by atoms with Crippen LogP contribution < -0.4 is 5.32 Å². The molecule has 2 nitrogen and oxygen atoms in total. The normalized spacial score (nSPS) is 11.5. The van der Waals surface area contributed by atoms with E-state index in [0.29, 0.717) is 0 Å². The summed E-state index contributed by atoms with van der Waals surface area (Å²) >= 11 is 5.06. The average molecular weight is 273 g/mol. The topological polar surface area (TPSA) is 24.4 Å². The Hall–Kier alpha value is -0.480. The van der Waals surface area contributed by atoms with Gasteiger partial charge in [0.25, 0.3) is 0 Å². The highest BCUT2D eigenvalue weighted by molar-refractivity contribution is 9.10. The molecule has 0 heterocycles. The zero-order valence-corrected chi connectivity index (χ0v) is 10.7. The Bertz CT molecular complexity index is 326. The Morgan fingerprint density at radius 1 is 1.57 bits per heavy atom. The standard InChI is InChI=1S/C10H13BrN2S/c1-12-10(14-2)13-7-8-4-3-5-9(11)6-8/h3-6H,7H2,1-2H3,(H,12,13). The molecule has 0 unspecified atom stereocenters. The first-order valence-corrected chi connectivity index (χ1v) is 6.27. The van der Waals surface area contributed by atoms with Gasteiger partial charge in [-0.15, -0.1) is 0 Å². The minimum atomic E-state index is 0.812. The van der Waals surface area contributed by atoms with Crippen molar-refractivity contribution in [1.29, 1.82) is 0 Å². The Morgan fingerprint density at radius 2 is 2.36 bits per heavy atom. The SMILES string of the molecule is CN=C(NCc1cccc(Br)c1)SC. The summed E-state index contributed by atoms with van der Waals surface area (Å²) in [6, 6.07) is 8.24. The number of aliphatic imine (C=N–C) groups is 1. The zero-order valence-electron chi connectivity index (χ0n) is 8.25. The number of hydrogen-bond donors (Lipinski definition) is 1. The van der Waals surface area contributed by atoms with Crippen molar-refractivity contribution < 1.29 is 0 Å². The van der Waals surface area contributed by atoms with Crippen molar-refractivity contribution in [3.63, 3.8) is 0 Å². The van der Waals surface area contributed by atoms with Crippen LogP contribution in [0.2, 0.25) is 0 Å². The van der Waals surface area contributed by atoms with Crippen molar-refractivity contribution in [3.8, 4) is 0 Å². The van der Waals surface area contributed by atoms with Crippen molar-refractivity contribution in [1.82, 2.24) is 5.32 Å². The summed E-state index contributed by atoms with van der Waals surface area (Å²) in [4.78, 5) is 4.10. The molecule has 1 aromatic rings. The molecule has 14 heavy (non-hydrogen) atoms. The maximum Gasteiger partial charge on any atom is 0.156 e. The molecule has 0 aromatic heterocycles. The lowest BCUT2D eigenvalue weighted by Gasteiger charge is -2.06. The molecular formula is C10H13BrN2S. The molecular weight excluding hydrogens is 260 g/mol. The Morgan fingerprint density at radius 3 is 2.93 bits per heavy atom. The quantitative estimate of drug-likeness (QED) is 0.662. The maximum atomic E-state index is 4.10. The van der Waals surface area contributed by atoms with Gasteiger partial charge < -0.3 is 5.32 Å². The van der Waals surface area contributed by atoms with E-state index in [9.17, 15) is 0 Å². The van der Waals surface area contributed by atoms with Crippen molar-refractivity contribution in [3.05, 3.63) is 34.3 Å². The summed E-state index contributed by atoms with van der Waals surface area (Å²) in [7, 11) is 1.79. The summed E-state index contributed by atoms with van der Waals surface area (Å²) in [5.41, 5.74) is 1.24. The predicted molar refractivity (Wildman–Crippen MR) is 67.9 cm³/mol. The van der Waals surface area contributed by atoms with Gasteiger partial charge in [0.2, 0.25) is 0 Å². The molecule has 0 radical (unpaired) electrons. The van der Waals surface area contributed by atoms with E-state index in [0.717, 1.165) is 16.2 Å². The molecule has 0 bridgehead atoms. The molecule has 0 saturated carbocycles. The van der Waals surface area contributed by atoms with Crippen molar-refractivity contribution in [2.24, 2.45) is 4.99 Å². The number of thioether (sulfide) groups is 1. The van der Waals surface area contributed by atoms with E-state index >= 15 is 0 Å². The van der Waals surface area contributed by atoms with E-state index in [4.69, 9.17) is 0 Å². The van der Waals surface area contributed by atoms with Gasteiger partial charge >= 0.3 is 0 Å². The molecule has 0 amide bonds. The summed E-state index contributed by atoms with van der Waals surface area (Å²) in [6.45, 7) is 0.812. The molecule has 0 aliphatic heterocycles. The molecule has 4 heteroatoms. The molecule has 0 spiro atoms. The second kappa shape index (κ2) is 6.09. The number of rotatable bonds is 2. The lowest BCUT2D eigenvalue weighted by molar-refractivity contribution is 0.924. The number of halogens is 1. The highest BCUT2D eigenvalue weighted by Crippen LogP contribution is 2.11. The molecule has 0 saturated heterocycles. The Balaban J connectivity index is 2.53. The van der Waals surface area contributed by atoms with Gasteiger partial charge in [-0.2, -0.15) is 0 Å². The number of hydrogen-bond acceptors (Lipinski definition) is 2. The van der Waals surface area contributed by atoms with Crippen LogP contribution in [0.4, 0.5) is 0 Å². The predicted octanol–water partition coefficient (Wildman–Crippen LogP) is 2.89. The second-order valence-electron chi connectivity index (χ2n) is 2.72. The first-order chi connectivity index (χ1) is 6.76. The number of amidine groups is 1. The molecule has 1 N–H and O–H groups in total. The number of benzene rings is 1. The summed E-state index contributed by atoms with van der Waals surface area (Å²) in [6.07, 6.45) is 2.01. The fourth-order valence-corrected chi connectivity index (χ4v) is 1.91. The van der Waals surface area contributed by atoms with E-state index < -0.39 is 0 Å². The summed E-state index contributed by atoms with van der Waals surface area (Å²) in [5.74, 6) is 0. The highest BCUT2D eigenvalue weighted by atomic mass is 79.9. The lowest BCUT2D eigenvalue weighted by Crippen LogP contribution is -2.19. The van der Waals surface area contributed by atoms with Gasteiger partial charge in [0, 0.05) is 18.1 Å². The van der Waals surface area contributed by atoms with Gasteiger partial charge in [-0.25, -0.2) is 0 Å². The van der Waals surface area contributed by atoms with E-state index in [1.165, 1.54) is 5.56 Å². The molecule has 0 atom stereocenters. The van der Waals surface area contributed by atoms with Crippen molar-refractivity contribution in [2.45, 2.75) is 6.54 Å². The highest BCUT2D eigenvalue weighted by Gasteiger charge is 1.96. The van der Waals surface area contributed by atoms with Gasteiger partial charge in [0.05, 0.1) is 0 Å². The van der Waals surface area contributed by atoms with Crippen LogP contribution in [0.5, 0.6) is 0 Å². The fraction of sp³-hybridized carbons (Fsp3) is 0.300. The molecule has 0 aliphatic rings. The van der Waals surface area contributed by atoms with Crippen LogP contribution >= 0.6 is 27.7 Å². The van der Waals surface area contributed by atoms with Gasteiger partial charge in [0.15, 0.2) is 5.17 Å². The summed E-state index contributed by atoms with van der Waals surface area (Å²) in [5, 5.41) is 4.22. The van der Waals surface area contributed by atoms with Crippen molar-refractivity contribution >= 4 is 32.9 Å². The molecule has 1 rings (SSSR count).